The summed E-state index contributed by atoms with van der Waals surface area (Å²) in [7, 11) is 1.50. The molecule has 114 valence electrons. The lowest BCUT2D eigenvalue weighted by Crippen LogP contribution is -2.39. The summed E-state index contributed by atoms with van der Waals surface area (Å²) < 4.78 is 13.3. The molecule has 0 saturated carbocycles. The van der Waals surface area contributed by atoms with Crippen molar-refractivity contribution in [3.8, 4) is 0 Å². The van der Waals surface area contributed by atoms with E-state index in [9.17, 15) is 14.0 Å². The van der Waals surface area contributed by atoms with Crippen molar-refractivity contribution >= 4 is 11.8 Å². The molecule has 4 nitrogen and oxygen atoms in total. The second-order valence-corrected chi connectivity index (χ2v) is 4.89. The second-order valence-electron chi connectivity index (χ2n) is 4.89. The van der Waals surface area contributed by atoms with Crippen molar-refractivity contribution in [3.05, 3.63) is 71.0 Å². The van der Waals surface area contributed by atoms with Crippen LogP contribution in [0.25, 0.3) is 0 Å². The number of amides is 2. The number of aryl methyl sites for hydroxylation is 1. The van der Waals surface area contributed by atoms with Crippen LogP contribution in [0.1, 0.15) is 27.5 Å². The van der Waals surface area contributed by atoms with E-state index in [-0.39, 0.29) is 11.5 Å². The average molecular weight is 300 g/mol. The van der Waals surface area contributed by atoms with Crippen molar-refractivity contribution in [3.63, 3.8) is 0 Å². The molecule has 0 heterocycles. The highest BCUT2D eigenvalue weighted by Crippen LogP contribution is 2.16. The lowest BCUT2D eigenvalue weighted by atomic mass is 10.0. The lowest BCUT2D eigenvalue weighted by Gasteiger charge is -2.18. The van der Waals surface area contributed by atoms with Crippen LogP contribution in [-0.2, 0) is 4.79 Å². The van der Waals surface area contributed by atoms with Crippen molar-refractivity contribution in [1.82, 2.24) is 10.6 Å². The average Bonchev–Trinajstić information content (AvgIpc) is 2.54. The van der Waals surface area contributed by atoms with Gasteiger partial charge in [0, 0.05) is 12.6 Å². The number of rotatable bonds is 4. The Labute approximate surface area is 128 Å². The second kappa shape index (κ2) is 6.85. The Morgan fingerprint density at radius 3 is 2.41 bits per heavy atom. The third-order valence-electron chi connectivity index (χ3n) is 3.36. The lowest BCUT2D eigenvalue weighted by molar-refractivity contribution is -0.122. The highest BCUT2D eigenvalue weighted by atomic mass is 19.1. The first-order chi connectivity index (χ1) is 10.5. The number of carbonyl (C=O) groups excluding carboxylic acids is 2. The fraction of sp³-hybridized carbons (Fsp3) is 0.176. The maximum Gasteiger partial charge on any atom is 0.252 e. The van der Waals surface area contributed by atoms with Crippen molar-refractivity contribution in [2.24, 2.45) is 0 Å². The van der Waals surface area contributed by atoms with Gasteiger partial charge in [0.25, 0.3) is 5.91 Å². The van der Waals surface area contributed by atoms with Gasteiger partial charge in [-0.25, -0.2) is 4.39 Å². The summed E-state index contributed by atoms with van der Waals surface area (Å²) in [6.07, 6.45) is 0. The minimum atomic E-state index is -0.832. The Hall–Kier alpha value is -2.69. The van der Waals surface area contributed by atoms with Gasteiger partial charge in [0.2, 0.25) is 5.91 Å². The number of carbonyl (C=O) groups is 2. The SMILES string of the molecule is CNC(=O)C(NC(=O)c1cc(F)ccc1C)c1ccccc1. The first kappa shape index (κ1) is 15.7. The summed E-state index contributed by atoms with van der Waals surface area (Å²) in [5.41, 5.74) is 1.51. The molecule has 0 aliphatic rings. The maximum absolute atomic E-state index is 13.3. The predicted molar refractivity (Wildman–Crippen MR) is 81.9 cm³/mol. The number of hydrogen-bond donors (Lipinski definition) is 2. The van der Waals surface area contributed by atoms with E-state index in [2.05, 4.69) is 10.6 Å². The van der Waals surface area contributed by atoms with Gasteiger partial charge in [-0.05, 0) is 30.2 Å². The molecule has 2 N–H and O–H groups in total. The summed E-state index contributed by atoms with van der Waals surface area (Å²) in [5.74, 6) is -1.32. The summed E-state index contributed by atoms with van der Waals surface area (Å²) in [4.78, 5) is 24.4. The Bertz CT molecular complexity index is 686. The fourth-order valence-corrected chi connectivity index (χ4v) is 2.14. The Kier molecular flexibility index (Phi) is 4.88. The van der Waals surface area contributed by atoms with Gasteiger partial charge in [-0.2, -0.15) is 0 Å². The molecule has 2 aromatic carbocycles. The van der Waals surface area contributed by atoms with Gasteiger partial charge in [0.15, 0.2) is 0 Å². The Morgan fingerprint density at radius 1 is 1.09 bits per heavy atom. The quantitative estimate of drug-likeness (QED) is 0.910. The number of benzene rings is 2. The molecule has 0 fully saturated rings. The molecule has 0 aliphatic heterocycles. The molecule has 2 aromatic rings. The van der Waals surface area contributed by atoms with E-state index >= 15 is 0 Å². The van der Waals surface area contributed by atoms with Crippen LogP contribution in [-0.4, -0.2) is 18.9 Å². The zero-order valence-corrected chi connectivity index (χ0v) is 12.4. The molecule has 0 radical (unpaired) electrons. The van der Waals surface area contributed by atoms with E-state index in [0.717, 1.165) is 6.07 Å². The van der Waals surface area contributed by atoms with Gasteiger partial charge in [0.1, 0.15) is 11.9 Å². The van der Waals surface area contributed by atoms with Crippen molar-refractivity contribution < 1.29 is 14.0 Å². The molecule has 0 spiro atoms. The smallest absolute Gasteiger partial charge is 0.252 e. The zero-order chi connectivity index (χ0) is 16.1. The molecule has 0 aromatic heterocycles. The highest BCUT2D eigenvalue weighted by Gasteiger charge is 2.23. The fourth-order valence-electron chi connectivity index (χ4n) is 2.14. The normalized spacial score (nSPS) is 11.6. The number of likely N-dealkylation sites (N-methyl/N-ethyl adjacent to an activating group) is 1. The van der Waals surface area contributed by atoms with Crippen LogP contribution < -0.4 is 10.6 Å². The maximum atomic E-state index is 13.3. The van der Waals surface area contributed by atoms with Crippen LogP contribution in [0.2, 0.25) is 0 Å². The van der Waals surface area contributed by atoms with Gasteiger partial charge < -0.3 is 10.6 Å². The molecule has 2 amide bonds. The van der Waals surface area contributed by atoms with Gasteiger partial charge in [-0.15, -0.1) is 0 Å². The molecule has 0 saturated heterocycles. The monoisotopic (exact) mass is 300 g/mol. The van der Waals surface area contributed by atoms with Crippen LogP contribution >= 0.6 is 0 Å². The van der Waals surface area contributed by atoms with Crippen LogP contribution in [0.4, 0.5) is 4.39 Å². The standard InChI is InChI=1S/C17H17FN2O2/c1-11-8-9-13(18)10-14(11)16(21)20-15(17(22)19-2)12-6-4-3-5-7-12/h3-10,15H,1-2H3,(H,19,22)(H,20,21). The van der Waals surface area contributed by atoms with E-state index in [1.165, 1.54) is 19.2 Å². The zero-order valence-electron chi connectivity index (χ0n) is 12.4. The van der Waals surface area contributed by atoms with Crippen molar-refractivity contribution in [1.29, 1.82) is 0 Å². The molecular formula is C17H17FN2O2. The number of nitrogens with one attached hydrogen (secondary N) is 2. The topological polar surface area (TPSA) is 58.2 Å². The van der Waals surface area contributed by atoms with E-state index in [0.29, 0.717) is 11.1 Å². The van der Waals surface area contributed by atoms with Gasteiger partial charge >= 0.3 is 0 Å². The summed E-state index contributed by atoms with van der Waals surface area (Å²) >= 11 is 0. The first-order valence-corrected chi connectivity index (χ1v) is 6.86. The van der Waals surface area contributed by atoms with E-state index in [1.807, 2.05) is 6.07 Å². The van der Waals surface area contributed by atoms with E-state index in [1.54, 1.807) is 31.2 Å². The van der Waals surface area contributed by atoms with Gasteiger partial charge in [0.05, 0.1) is 0 Å². The number of halogens is 1. The van der Waals surface area contributed by atoms with Crippen LogP contribution in [0.15, 0.2) is 48.5 Å². The molecule has 5 heteroatoms. The Morgan fingerprint density at radius 2 is 1.77 bits per heavy atom. The Balaban J connectivity index is 2.29. The third kappa shape index (κ3) is 3.49. The largest absolute Gasteiger partial charge is 0.357 e. The highest BCUT2D eigenvalue weighted by molar-refractivity contribution is 5.98. The predicted octanol–water partition coefficient (Wildman–Crippen LogP) is 2.35. The summed E-state index contributed by atoms with van der Waals surface area (Å²) in [5, 5.41) is 5.17. The van der Waals surface area contributed by atoms with E-state index < -0.39 is 17.8 Å². The van der Waals surface area contributed by atoms with Crippen molar-refractivity contribution in [2.75, 3.05) is 7.05 Å². The molecule has 22 heavy (non-hydrogen) atoms. The van der Waals surface area contributed by atoms with Gasteiger partial charge in [-0.1, -0.05) is 36.4 Å². The molecule has 1 unspecified atom stereocenters. The molecule has 0 aliphatic carbocycles. The summed E-state index contributed by atoms with van der Waals surface area (Å²) in [6.45, 7) is 1.71. The number of hydrogen-bond acceptors (Lipinski definition) is 2. The minimum absolute atomic E-state index is 0.213. The van der Waals surface area contributed by atoms with E-state index in [4.69, 9.17) is 0 Å². The van der Waals surface area contributed by atoms with Gasteiger partial charge in [-0.3, -0.25) is 9.59 Å². The summed E-state index contributed by atoms with van der Waals surface area (Å²) in [6, 6.07) is 12.0. The molecule has 1 atom stereocenters. The molecule has 2 rings (SSSR count). The molecular weight excluding hydrogens is 283 g/mol. The van der Waals surface area contributed by atoms with Crippen molar-refractivity contribution in [2.45, 2.75) is 13.0 Å². The van der Waals surface area contributed by atoms with Crippen LogP contribution in [0, 0.1) is 12.7 Å². The third-order valence-corrected chi connectivity index (χ3v) is 3.36. The minimum Gasteiger partial charge on any atom is -0.357 e. The van der Waals surface area contributed by atoms with Crippen LogP contribution in [0.5, 0.6) is 0 Å². The van der Waals surface area contributed by atoms with Crippen LogP contribution in [0.3, 0.4) is 0 Å². The first-order valence-electron chi connectivity index (χ1n) is 6.86. The molecule has 0 bridgehead atoms.